The molecule has 0 aliphatic heterocycles. The van der Waals surface area contributed by atoms with Gasteiger partial charge in [0, 0.05) is 6.42 Å². The number of rotatable bonds is 2. The monoisotopic (exact) mass is 479 g/mol. The number of fused-ring (bicyclic) bond motifs is 3. The Balaban J connectivity index is 0.000000604. The van der Waals surface area contributed by atoms with Crippen molar-refractivity contribution in [2.45, 2.75) is 13.3 Å². The second-order valence-electron chi connectivity index (χ2n) is 6.79. The zero-order valence-corrected chi connectivity index (χ0v) is 19.5. The van der Waals surface area contributed by atoms with E-state index < -0.39 is 20.8 Å². The molecule has 1 radical (unpaired) electrons. The fourth-order valence-corrected chi connectivity index (χ4v) is 4.02. The minimum atomic E-state index is -0.826. The van der Waals surface area contributed by atoms with Crippen molar-refractivity contribution in [1.29, 1.82) is 0 Å². The number of hydrogen-bond donors (Lipinski definition) is 0. The molecule has 0 N–H and O–H groups in total. The predicted octanol–water partition coefficient (Wildman–Crippen LogP) is 8.40. The molecule has 0 bridgehead atoms. The van der Waals surface area contributed by atoms with Crippen LogP contribution in [0, 0.1) is 6.42 Å². The molecule has 1 aliphatic rings. The Bertz CT molecular complexity index is 1120. The second-order valence-corrected chi connectivity index (χ2v) is 10.5. The van der Waals surface area contributed by atoms with Gasteiger partial charge >= 0.3 is 37.9 Å². The van der Waals surface area contributed by atoms with E-state index in [-0.39, 0.29) is 0 Å². The summed E-state index contributed by atoms with van der Waals surface area (Å²) in [5.41, 5.74) is 6.80. The SMILES string of the molecule is CCC1=Cc2c(cccc2-c2c3ccccc3cc3ccccc23)[CH]1.[Cl][Zr][Cl]. The van der Waals surface area contributed by atoms with E-state index in [2.05, 4.69) is 92.2 Å². The molecule has 4 aromatic rings. The van der Waals surface area contributed by atoms with Crippen LogP contribution in [0.3, 0.4) is 0 Å². The molecule has 0 unspecified atom stereocenters. The maximum absolute atomic E-state index is 4.93. The van der Waals surface area contributed by atoms with E-state index in [4.69, 9.17) is 17.0 Å². The zero-order valence-electron chi connectivity index (χ0n) is 15.5. The van der Waals surface area contributed by atoms with Crippen LogP contribution in [-0.2, 0) is 20.8 Å². The van der Waals surface area contributed by atoms with Gasteiger partial charge in [0.25, 0.3) is 0 Å². The number of benzene rings is 4. The predicted molar refractivity (Wildman–Crippen MR) is 120 cm³/mol. The van der Waals surface area contributed by atoms with E-state index >= 15 is 0 Å². The first-order chi connectivity index (χ1) is 13.8. The molecule has 5 rings (SSSR count). The molecule has 0 aromatic heterocycles. The number of allylic oxidation sites excluding steroid dienone is 1. The third-order valence-corrected chi connectivity index (χ3v) is 5.26. The van der Waals surface area contributed by atoms with Gasteiger partial charge < -0.3 is 0 Å². The topological polar surface area (TPSA) is 0 Å². The normalized spacial score (nSPS) is 12.3. The second kappa shape index (κ2) is 8.95. The van der Waals surface area contributed by atoms with Crippen LogP contribution in [0.25, 0.3) is 38.7 Å². The van der Waals surface area contributed by atoms with Crippen LogP contribution in [0.15, 0.2) is 78.4 Å². The van der Waals surface area contributed by atoms with Gasteiger partial charge in [-0.3, -0.25) is 0 Å². The van der Waals surface area contributed by atoms with Crippen molar-refractivity contribution < 1.29 is 20.8 Å². The van der Waals surface area contributed by atoms with Crippen molar-refractivity contribution in [3.05, 3.63) is 95.9 Å². The van der Waals surface area contributed by atoms with Gasteiger partial charge in [-0.2, -0.15) is 0 Å². The molecule has 137 valence electrons. The van der Waals surface area contributed by atoms with Crippen molar-refractivity contribution in [2.24, 2.45) is 0 Å². The summed E-state index contributed by atoms with van der Waals surface area (Å²) in [6, 6.07) is 26.5. The number of hydrogen-bond acceptors (Lipinski definition) is 0. The fraction of sp³-hybridized carbons (Fsp3) is 0.0800. The van der Waals surface area contributed by atoms with Gasteiger partial charge in [0.2, 0.25) is 0 Å². The van der Waals surface area contributed by atoms with E-state index in [1.807, 2.05) is 0 Å². The van der Waals surface area contributed by atoms with Crippen LogP contribution in [0.1, 0.15) is 24.5 Å². The van der Waals surface area contributed by atoms with Crippen molar-refractivity contribution in [2.75, 3.05) is 0 Å². The molecule has 0 saturated heterocycles. The maximum atomic E-state index is 4.93. The standard InChI is InChI=1S/C25H19.2ClH.Zr/c1-2-17-14-18-10-7-13-23(24(18)15-17)25-21-11-5-3-8-19(21)16-20-9-4-6-12-22(20)25;;;/h3-16H,2H2,1H3;2*1H;/q;;;+2/p-2. The van der Waals surface area contributed by atoms with Crippen LogP contribution in [0.4, 0.5) is 0 Å². The third kappa shape index (κ3) is 3.73. The van der Waals surface area contributed by atoms with Gasteiger partial charge in [-0.05, 0) is 56.3 Å². The average molecular weight is 482 g/mol. The summed E-state index contributed by atoms with van der Waals surface area (Å²) < 4.78 is 0. The van der Waals surface area contributed by atoms with E-state index in [1.54, 1.807) is 0 Å². The van der Waals surface area contributed by atoms with Crippen molar-refractivity contribution in [3.63, 3.8) is 0 Å². The van der Waals surface area contributed by atoms with E-state index in [9.17, 15) is 0 Å². The molecule has 0 spiro atoms. The summed E-state index contributed by atoms with van der Waals surface area (Å²) in [6.07, 6.45) is 5.76. The van der Waals surface area contributed by atoms with Gasteiger partial charge in [-0.25, -0.2) is 0 Å². The Kier molecular flexibility index (Phi) is 6.36. The van der Waals surface area contributed by atoms with Gasteiger partial charge in [-0.1, -0.05) is 85.3 Å². The van der Waals surface area contributed by atoms with Gasteiger partial charge in [0.15, 0.2) is 0 Å². The summed E-state index contributed by atoms with van der Waals surface area (Å²) in [4.78, 5) is 0. The molecular weight excluding hydrogens is 462 g/mol. The Morgan fingerprint density at radius 2 is 1.39 bits per heavy atom. The van der Waals surface area contributed by atoms with Crippen molar-refractivity contribution in [3.8, 4) is 11.1 Å². The quantitative estimate of drug-likeness (QED) is 0.252. The van der Waals surface area contributed by atoms with Crippen LogP contribution in [0.5, 0.6) is 0 Å². The third-order valence-electron chi connectivity index (χ3n) is 5.26. The zero-order chi connectivity index (χ0) is 19.5. The molecular formula is C25H19Cl2Zr. The Hall–Kier alpha value is -1.40. The van der Waals surface area contributed by atoms with Gasteiger partial charge in [0.05, 0.1) is 0 Å². The van der Waals surface area contributed by atoms with Crippen LogP contribution >= 0.6 is 17.0 Å². The molecule has 3 heteroatoms. The molecule has 0 saturated carbocycles. The van der Waals surface area contributed by atoms with Crippen molar-refractivity contribution >= 4 is 44.6 Å². The summed E-state index contributed by atoms with van der Waals surface area (Å²) in [6.45, 7) is 2.22. The van der Waals surface area contributed by atoms with Gasteiger partial charge in [-0.15, -0.1) is 0 Å². The summed E-state index contributed by atoms with van der Waals surface area (Å²) in [5, 5.41) is 5.26. The Morgan fingerprint density at radius 1 is 0.786 bits per heavy atom. The van der Waals surface area contributed by atoms with Crippen LogP contribution < -0.4 is 0 Å². The molecule has 0 heterocycles. The van der Waals surface area contributed by atoms with E-state index in [0.717, 1.165) is 6.42 Å². The molecule has 0 fully saturated rings. The Labute approximate surface area is 184 Å². The first kappa shape index (κ1) is 19.9. The molecule has 28 heavy (non-hydrogen) atoms. The summed E-state index contributed by atoms with van der Waals surface area (Å²) in [5.74, 6) is 0. The molecule has 0 amide bonds. The molecule has 0 atom stereocenters. The summed E-state index contributed by atoms with van der Waals surface area (Å²) >= 11 is -0.826. The molecule has 4 aromatic carbocycles. The minimum absolute atomic E-state index is 0.826. The van der Waals surface area contributed by atoms with Crippen LogP contribution in [0.2, 0.25) is 0 Å². The fourth-order valence-electron chi connectivity index (χ4n) is 4.02. The summed E-state index contributed by atoms with van der Waals surface area (Å²) in [7, 11) is 9.87. The van der Waals surface area contributed by atoms with E-state index in [1.165, 1.54) is 49.4 Å². The van der Waals surface area contributed by atoms with Crippen LogP contribution in [-0.4, -0.2) is 0 Å². The first-order valence-corrected chi connectivity index (χ1v) is 15.6. The average Bonchev–Trinajstić information content (AvgIpc) is 3.16. The van der Waals surface area contributed by atoms with E-state index in [0.29, 0.717) is 0 Å². The van der Waals surface area contributed by atoms with Crippen molar-refractivity contribution in [1.82, 2.24) is 0 Å². The van der Waals surface area contributed by atoms with Gasteiger partial charge in [0.1, 0.15) is 0 Å². The molecule has 1 aliphatic carbocycles. The molecule has 0 nitrogen and oxygen atoms in total. The first-order valence-electron chi connectivity index (χ1n) is 9.32. The number of halogens is 2. The Morgan fingerprint density at radius 3 is 2.00 bits per heavy atom.